The van der Waals surface area contributed by atoms with Crippen LogP contribution in [0.3, 0.4) is 0 Å². The summed E-state index contributed by atoms with van der Waals surface area (Å²) in [5.41, 5.74) is 0.735. The molecule has 114 valence electrons. The van der Waals surface area contributed by atoms with Crippen molar-refractivity contribution in [2.45, 2.75) is 17.9 Å². The van der Waals surface area contributed by atoms with Gasteiger partial charge in [0.2, 0.25) is 10.0 Å². The smallest absolute Gasteiger partial charge is 0.240 e. The number of benzene rings is 1. The highest BCUT2D eigenvalue weighted by Gasteiger charge is 2.18. The molecule has 0 spiro atoms. The molecular weight excluding hydrogens is 310 g/mol. The SMILES string of the molecule is COc1ccc(S(=O)(=O)NCC(O)c2cccs2)cc1C. The molecule has 1 unspecified atom stereocenters. The van der Waals surface area contributed by atoms with E-state index in [-0.39, 0.29) is 11.4 Å². The standard InChI is InChI=1S/C14H17NO4S2/c1-10-8-11(5-6-13(10)19-2)21(17,18)15-9-12(16)14-4-3-7-20-14/h3-8,12,15-16H,9H2,1-2H3. The van der Waals surface area contributed by atoms with Crippen LogP contribution in [0.1, 0.15) is 16.5 Å². The molecule has 0 saturated heterocycles. The highest BCUT2D eigenvalue weighted by molar-refractivity contribution is 7.89. The number of hydrogen-bond donors (Lipinski definition) is 2. The van der Waals surface area contributed by atoms with E-state index in [1.54, 1.807) is 25.1 Å². The summed E-state index contributed by atoms with van der Waals surface area (Å²) >= 11 is 1.38. The Labute approximate surface area is 128 Å². The van der Waals surface area contributed by atoms with E-state index in [1.807, 2.05) is 11.4 Å². The highest BCUT2D eigenvalue weighted by Crippen LogP contribution is 2.22. The Kier molecular flexibility index (Phi) is 5.00. The fraction of sp³-hybridized carbons (Fsp3) is 0.286. The van der Waals surface area contributed by atoms with E-state index in [1.165, 1.54) is 24.5 Å². The fourth-order valence-electron chi connectivity index (χ4n) is 1.87. The minimum absolute atomic E-state index is 0.0616. The normalized spacial score (nSPS) is 13.1. The van der Waals surface area contributed by atoms with Gasteiger partial charge < -0.3 is 9.84 Å². The van der Waals surface area contributed by atoms with Crippen LogP contribution < -0.4 is 9.46 Å². The second-order valence-corrected chi connectivity index (χ2v) is 7.26. The van der Waals surface area contributed by atoms with Gasteiger partial charge in [-0.25, -0.2) is 13.1 Å². The van der Waals surface area contributed by atoms with Crippen molar-refractivity contribution in [3.8, 4) is 5.75 Å². The molecule has 0 fully saturated rings. The summed E-state index contributed by atoms with van der Waals surface area (Å²) in [6.07, 6.45) is -0.848. The molecule has 7 heteroatoms. The van der Waals surface area contributed by atoms with E-state index in [0.717, 1.165) is 10.4 Å². The number of sulfonamides is 1. The van der Waals surface area contributed by atoms with Crippen LogP contribution in [0.15, 0.2) is 40.6 Å². The van der Waals surface area contributed by atoms with Crippen molar-refractivity contribution in [1.29, 1.82) is 0 Å². The summed E-state index contributed by atoms with van der Waals surface area (Å²) in [6.45, 7) is 1.71. The predicted octanol–water partition coefficient (Wildman–Crippen LogP) is 2.08. The third-order valence-corrected chi connectivity index (χ3v) is 5.41. The zero-order valence-corrected chi connectivity index (χ0v) is 13.4. The molecule has 1 atom stereocenters. The molecule has 2 aromatic rings. The second kappa shape index (κ2) is 6.57. The molecule has 0 aliphatic heterocycles. The van der Waals surface area contributed by atoms with Gasteiger partial charge in [-0.05, 0) is 42.1 Å². The first-order valence-electron chi connectivity index (χ1n) is 6.30. The van der Waals surface area contributed by atoms with Crippen molar-refractivity contribution in [1.82, 2.24) is 4.72 Å². The second-order valence-electron chi connectivity index (χ2n) is 4.51. The maximum Gasteiger partial charge on any atom is 0.240 e. The number of rotatable bonds is 6. The van der Waals surface area contributed by atoms with Crippen LogP contribution in [-0.2, 0) is 10.0 Å². The van der Waals surface area contributed by atoms with Gasteiger partial charge in [0.25, 0.3) is 0 Å². The molecule has 5 nitrogen and oxygen atoms in total. The summed E-state index contributed by atoms with van der Waals surface area (Å²) < 4.78 is 31.9. The van der Waals surface area contributed by atoms with Gasteiger partial charge in [-0.2, -0.15) is 0 Å². The lowest BCUT2D eigenvalue weighted by Gasteiger charge is -2.12. The third-order valence-electron chi connectivity index (χ3n) is 3.01. The first-order valence-corrected chi connectivity index (χ1v) is 8.66. The Morgan fingerprint density at radius 1 is 1.38 bits per heavy atom. The quantitative estimate of drug-likeness (QED) is 0.852. The fourth-order valence-corrected chi connectivity index (χ4v) is 3.71. The van der Waals surface area contributed by atoms with Gasteiger partial charge in [0.1, 0.15) is 11.9 Å². The molecular formula is C14H17NO4S2. The monoisotopic (exact) mass is 327 g/mol. The Morgan fingerprint density at radius 3 is 2.71 bits per heavy atom. The topological polar surface area (TPSA) is 75.6 Å². The number of aliphatic hydroxyl groups excluding tert-OH is 1. The van der Waals surface area contributed by atoms with Crippen molar-refractivity contribution in [3.63, 3.8) is 0 Å². The van der Waals surface area contributed by atoms with E-state index < -0.39 is 16.1 Å². The summed E-state index contributed by atoms with van der Waals surface area (Å²) in [4.78, 5) is 0.878. The lowest BCUT2D eigenvalue weighted by molar-refractivity contribution is 0.186. The molecule has 0 bridgehead atoms. The highest BCUT2D eigenvalue weighted by atomic mass is 32.2. The van der Waals surface area contributed by atoms with Gasteiger partial charge in [-0.1, -0.05) is 6.07 Å². The van der Waals surface area contributed by atoms with Crippen molar-refractivity contribution >= 4 is 21.4 Å². The summed E-state index contributed by atoms with van der Waals surface area (Å²) in [6, 6.07) is 8.20. The number of hydrogen-bond acceptors (Lipinski definition) is 5. The van der Waals surface area contributed by atoms with Crippen molar-refractivity contribution in [2.75, 3.05) is 13.7 Å². The molecule has 0 aliphatic rings. The van der Waals surface area contributed by atoms with Crippen molar-refractivity contribution in [2.24, 2.45) is 0 Å². The maximum atomic E-state index is 12.2. The van der Waals surface area contributed by atoms with E-state index in [2.05, 4.69) is 4.72 Å². The molecule has 0 amide bonds. The molecule has 21 heavy (non-hydrogen) atoms. The summed E-state index contributed by atoms with van der Waals surface area (Å²) in [5, 5.41) is 11.8. The Bertz CT molecular complexity index is 696. The van der Waals surface area contributed by atoms with E-state index >= 15 is 0 Å². The average molecular weight is 327 g/mol. The zero-order valence-electron chi connectivity index (χ0n) is 11.7. The molecule has 2 N–H and O–H groups in total. The van der Waals surface area contributed by atoms with Gasteiger partial charge in [0.15, 0.2) is 0 Å². The van der Waals surface area contributed by atoms with Gasteiger partial charge in [-0.15, -0.1) is 11.3 Å². The zero-order chi connectivity index (χ0) is 15.5. The van der Waals surface area contributed by atoms with Crippen LogP contribution in [0, 0.1) is 6.92 Å². The Balaban J connectivity index is 2.10. The Hall–Kier alpha value is -1.41. The van der Waals surface area contributed by atoms with Crippen molar-refractivity contribution < 1.29 is 18.3 Å². The molecule has 0 saturated carbocycles. The van der Waals surface area contributed by atoms with Gasteiger partial charge >= 0.3 is 0 Å². The first kappa shape index (κ1) is 16.0. The van der Waals surface area contributed by atoms with Crippen LogP contribution in [0.2, 0.25) is 0 Å². The van der Waals surface area contributed by atoms with Crippen LogP contribution in [-0.4, -0.2) is 27.2 Å². The maximum absolute atomic E-state index is 12.2. The average Bonchev–Trinajstić information content (AvgIpc) is 2.99. The van der Waals surface area contributed by atoms with E-state index in [4.69, 9.17) is 4.74 Å². The minimum atomic E-state index is -3.65. The van der Waals surface area contributed by atoms with Gasteiger partial charge in [0, 0.05) is 11.4 Å². The predicted molar refractivity (Wildman–Crippen MR) is 82.2 cm³/mol. The van der Waals surface area contributed by atoms with Crippen molar-refractivity contribution in [3.05, 3.63) is 46.2 Å². The minimum Gasteiger partial charge on any atom is -0.496 e. The molecule has 2 rings (SSSR count). The van der Waals surface area contributed by atoms with Crippen LogP contribution in [0.25, 0.3) is 0 Å². The lowest BCUT2D eigenvalue weighted by Crippen LogP contribution is -2.28. The van der Waals surface area contributed by atoms with Gasteiger partial charge in [0.05, 0.1) is 12.0 Å². The third kappa shape index (κ3) is 3.82. The number of thiophene rings is 1. The van der Waals surface area contributed by atoms with E-state index in [0.29, 0.717) is 5.75 Å². The van der Waals surface area contributed by atoms with Crippen LogP contribution >= 0.6 is 11.3 Å². The number of nitrogens with one attached hydrogen (secondary N) is 1. The summed E-state index contributed by atoms with van der Waals surface area (Å²) in [5.74, 6) is 0.632. The summed E-state index contributed by atoms with van der Waals surface area (Å²) in [7, 11) is -2.12. The largest absolute Gasteiger partial charge is 0.496 e. The first-order chi connectivity index (χ1) is 9.94. The van der Waals surface area contributed by atoms with E-state index in [9.17, 15) is 13.5 Å². The molecule has 0 aliphatic carbocycles. The number of aliphatic hydroxyl groups is 1. The molecule has 1 aromatic heterocycles. The number of ether oxygens (including phenoxy) is 1. The Morgan fingerprint density at radius 2 is 2.14 bits per heavy atom. The van der Waals surface area contributed by atoms with Crippen LogP contribution in [0.4, 0.5) is 0 Å². The lowest BCUT2D eigenvalue weighted by atomic mass is 10.2. The number of methoxy groups -OCH3 is 1. The molecule has 1 heterocycles. The van der Waals surface area contributed by atoms with Crippen LogP contribution in [0.5, 0.6) is 5.75 Å². The van der Waals surface area contributed by atoms with Gasteiger partial charge in [-0.3, -0.25) is 0 Å². The molecule has 0 radical (unpaired) electrons. The molecule has 1 aromatic carbocycles. The number of aryl methyl sites for hydroxylation is 1.